The number of hydrogen-bond donors (Lipinski definition) is 1. The van der Waals surface area contributed by atoms with Gasteiger partial charge in [0, 0.05) is 18.6 Å². The predicted molar refractivity (Wildman–Crippen MR) is 96.4 cm³/mol. The van der Waals surface area contributed by atoms with Gasteiger partial charge < -0.3 is 10.6 Å². The van der Waals surface area contributed by atoms with Crippen LogP contribution in [-0.4, -0.2) is 33.4 Å². The van der Waals surface area contributed by atoms with Gasteiger partial charge in [0.1, 0.15) is 5.69 Å². The maximum Gasteiger partial charge on any atom is 0.366 e. The van der Waals surface area contributed by atoms with Gasteiger partial charge in [0.2, 0.25) is 5.91 Å². The fourth-order valence-corrected chi connectivity index (χ4v) is 2.92. The Labute approximate surface area is 154 Å². The number of hydroxylamine groups is 1. The van der Waals surface area contributed by atoms with Gasteiger partial charge in [0.05, 0.1) is 23.7 Å². The van der Waals surface area contributed by atoms with Gasteiger partial charge in [-0.3, -0.25) is 9.78 Å². The normalized spacial score (nSPS) is 15.3. The van der Waals surface area contributed by atoms with E-state index in [-0.39, 0.29) is 12.1 Å². The standard InChI is InChI=1S/C19H15N5O3/c20-17(25)14-11-24(16-7-2-1-5-13(14)16)27-19(26)12-9-22-18(23-10-12)15-6-3-4-8-21-15/h1-10,14H,11H2,(H2,20,25). The third-order valence-electron chi connectivity index (χ3n) is 4.25. The van der Waals surface area contributed by atoms with Crippen molar-refractivity contribution >= 4 is 17.6 Å². The number of fused-ring (bicyclic) bond motifs is 1. The molecule has 3 heterocycles. The summed E-state index contributed by atoms with van der Waals surface area (Å²) < 4.78 is 0. The van der Waals surface area contributed by atoms with Gasteiger partial charge in [-0.1, -0.05) is 24.3 Å². The van der Waals surface area contributed by atoms with Gasteiger partial charge in [-0.05, 0) is 23.8 Å². The second-order valence-electron chi connectivity index (χ2n) is 5.96. The Balaban J connectivity index is 1.52. The van der Waals surface area contributed by atoms with E-state index in [9.17, 15) is 9.59 Å². The number of aromatic nitrogens is 3. The Morgan fingerprint density at radius 3 is 2.48 bits per heavy atom. The van der Waals surface area contributed by atoms with E-state index in [1.54, 1.807) is 36.5 Å². The van der Waals surface area contributed by atoms with E-state index in [1.807, 2.05) is 12.1 Å². The summed E-state index contributed by atoms with van der Waals surface area (Å²) in [5.41, 5.74) is 7.63. The highest BCUT2D eigenvalue weighted by Crippen LogP contribution is 2.36. The topological polar surface area (TPSA) is 111 Å². The van der Waals surface area contributed by atoms with Crippen molar-refractivity contribution < 1.29 is 14.4 Å². The molecule has 0 bridgehead atoms. The lowest BCUT2D eigenvalue weighted by Gasteiger charge is -2.18. The summed E-state index contributed by atoms with van der Waals surface area (Å²) in [7, 11) is 0. The lowest BCUT2D eigenvalue weighted by molar-refractivity contribution is -0.119. The number of nitrogens with two attached hydrogens (primary N) is 1. The number of anilines is 1. The van der Waals surface area contributed by atoms with Crippen molar-refractivity contribution in [3.05, 3.63) is 72.2 Å². The number of benzene rings is 1. The van der Waals surface area contributed by atoms with Gasteiger partial charge >= 0.3 is 5.97 Å². The van der Waals surface area contributed by atoms with Crippen LogP contribution >= 0.6 is 0 Å². The second-order valence-corrected chi connectivity index (χ2v) is 5.96. The Hall–Kier alpha value is -3.81. The van der Waals surface area contributed by atoms with Gasteiger partial charge in [0.15, 0.2) is 5.82 Å². The smallest absolute Gasteiger partial charge is 0.366 e. The highest BCUT2D eigenvalue weighted by molar-refractivity contribution is 5.91. The molecule has 0 saturated heterocycles. The van der Waals surface area contributed by atoms with Crippen LogP contribution in [0.25, 0.3) is 11.5 Å². The molecule has 8 nitrogen and oxygen atoms in total. The lowest BCUT2D eigenvalue weighted by atomic mass is 10.0. The number of pyridine rings is 1. The van der Waals surface area contributed by atoms with E-state index >= 15 is 0 Å². The molecule has 0 spiro atoms. The molecular formula is C19H15N5O3. The Kier molecular flexibility index (Phi) is 4.21. The van der Waals surface area contributed by atoms with Crippen molar-refractivity contribution in [3.63, 3.8) is 0 Å². The first kappa shape index (κ1) is 16.6. The monoisotopic (exact) mass is 361 g/mol. The highest BCUT2D eigenvalue weighted by atomic mass is 16.7. The van der Waals surface area contributed by atoms with E-state index in [0.29, 0.717) is 17.2 Å². The molecule has 1 amide bonds. The molecule has 134 valence electrons. The average molecular weight is 361 g/mol. The van der Waals surface area contributed by atoms with E-state index in [0.717, 1.165) is 5.56 Å². The molecular weight excluding hydrogens is 346 g/mol. The van der Waals surface area contributed by atoms with Crippen molar-refractivity contribution in [2.75, 3.05) is 11.6 Å². The van der Waals surface area contributed by atoms with Gasteiger partial charge in [-0.25, -0.2) is 19.8 Å². The van der Waals surface area contributed by atoms with E-state index in [1.165, 1.54) is 17.5 Å². The van der Waals surface area contributed by atoms with Crippen LogP contribution in [0.3, 0.4) is 0 Å². The first-order chi connectivity index (χ1) is 13.1. The zero-order valence-corrected chi connectivity index (χ0v) is 14.1. The van der Waals surface area contributed by atoms with E-state index < -0.39 is 17.8 Å². The van der Waals surface area contributed by atoms with E-state index in [2.05, 4.69) is 15.0 Å². The van der Waals surface area contributed by atoms with Crippen molar-refractivity contribution in [1.82, 2.24) is 15.0 Å². The van der Waals surface area contributed by atoms with Crippen LogP contribution in [0.5, 0.6) is 0 Å². The van der Waals surface area contributed by atoms with Crippen molar-refractivity contribution in [1.29, 1.82) is 0 Å². The molecule has 0 fully saturated rings. The SMILES string of the molecule is NC(=O)C1CN(OC(=O)c2cnc(-c3ccccn3)nc2)c2ccccc21. The summed E-state index contributed by atoms with van der Waals surface area (Å²) in [5.74, 6) is -1.21. The number of carbonyl (C=O) groups excluding carboxylic acids is 2. The van der Waals surface area contributed by atoms with Crippen LogP contribution in [0.4, 0.5) is 5.69 Å². The van der Waals surface area contributed by atoms with Crippen LogP contribution in [0, 0.1) is 0 Å². The minimum Gasteiger partial charge on any atom is -0.369 e. The van der Waals surface area contributed by atoms with Gasteiger partial charge in [0.25, 0.3) is 0 Å². The first-order valence-electron chi connectivity index (χ1n) is 8.25. The molecule has 4 rings (SSSR count). The molecule has 0 radical (unpaired) electrons. The van der Waals surface area contributed by atoms with Crippen LogP contribution in [0.1, 0.15) is 21.8 Å². The van der Waals surface area contributed by atoms with Gasteiger partial charge in [-0.2, -0.15) is 0 Å². The maximum atomic E-state index is 12.5. The second kappa shape index (κ2) is 6.83. The molecule has 1 aliphatic rings. The molecule has 1 atom stereocenters. The fraction of sp³-hybridized carbons (Fsp3) is 0.105. The minimum atomic E-state index is -0.623. The molecule has 3 aromatic rings. The molecule has 0 aliphatic carbocycles. The van der Waals surface area contributed by atoms with Crippen LogP contribution in [-0.2, 0) is 9.63 Å². The molecule has 8 heteroatoms. The van der Waals surface area contributed by atoms with Crippen molar-refractivity contribution in [3.8, 4) is 11.5 Å². The molecule has 1 aromatic carbocycles. The third-order valence-corrected chi connectivity index (χ3v) is 4.25. The number of hydrogen-bond acceptors (Lipinski definition) is 7. The molecule has 1 aliphatic heterocycles. The van der Waals surface area contributed by atoms with Crippen molar-refractivity contribution in [2.24, 2.45) is 5.73 Å². The molecule has 2 N–H and O–H groups in total. The summed E-state index contributed by atoms with van der Waals surface area (Å²) in [5, 5.41) is 1.37. The third kappa shape index (κ3) is 3.20. The van der Waals surface area contributed by atoms with Crippen LogP contribution in [0.2, 0.25) is 0 Å². The lowest BCUT2D eigenvalue weighted by Crippen LogP contribution is -2.30. The summed E-state index contributed by atoms with van der Waals surface area (Å²) in [6.45, 7) is 0.174. The highest BCUT2D eigenvalue weighted by Gasteiger charge is 2.34. The summed E-state index contributed by atoms with van der Waals surface area (Å²) in [4.78, 5) is 42.1. The van der Waals surface area contributed by atoms with E-state index in [4.69, 9.17) is 10.6 Å². The summed E-state index contributed by atoms with van der Waals surface area (Å²) in [6, 6.07) is 12.6. The maximum absolute atomic E-state index is 12.5. The minimum absolute atomic E-state index is 0.174. The fourth-order valence-electron chi connectivity index (χ4n) is 2.92. The molecule has 27 heavy (non-hydrogen) atoms. The Morgan fingerprint density at radius 2 is 1.78 bits per heavy atom. The van der Waals surface area contributed by atoms with Crippen molar-refractivity contribution in [2.45, 2.75) is 5.92 Å². The number of nitrogens with zero attached hydrogens (tertiary/aromatic N) is 4. The quantitative estimate of drug-likeness (QED) is 0.753. The number of carbonyl (C=O) groups is 2. The Morgan fingerprint density at radius 1 is 1.04 bits per heavy atom. The number of rotatable bonds is 4. The molecule has 0 saturated carbocycles. The van der Waals surface area contributed by atoms with Crippen LogP contribution in [0.15, 0.2) is 61.1 Å². The largest absolute Gasteiger partial charge is 0.369 e. The molecule has 2 aromatic heterocycles. The zero-order valence-electron chi connectivity index (χ0n) is 14.1. The number of para-hydroxylation sites is 1. The van der Waals surface area contributed by atoms with Gasteiger partial charge in [-0.15, -0.1) is 0 Å². The number of primary amides is 1. The Bertz CT molecular complexity index is 992. The average Bonchev–Trinajstić information content (AvgIpc) is 3.08. The first-order valence-corrected chi connectivity index (χ1v) is 8.25. The summed E-state index contributed by atoms with van der Waals surface area (Å²) in [6.07, 6.45) is 4.40. The van der Waals surface area contributed by atoms with Crippen LogP contribution < -0.4 is 10.8 Å². The molecule has 1 unspecified atom stereocenters. The zero-order chi connectivity index (χ0) is 18.8. The number of amides is 1. The summed E-state index contributed by atoms with van der Waals surface area (Å²) >= 11 is 0. The predicted octanol–water partition coefficient (Wildman–Crippen LogP) is 1.70.